The number of aromatic nitrogens is 3. The fourth-order valence-corrected chi connectivity index (χ4v) is 2.98. The Morgan fingerprint density at radius 3 is 2.60 bits per heavy atom. The van der Waals surface area contributed by atoms with Crippen LogP contribution in [0.3, 0.4) is 0 Å². The number of thioether (sulfide) groups is 1. The maximum absolute atomic E-state index is 12.2. The summed E-state index contributed by atoms with van der Waals surface area (Å²) >= 11 is 1.29. The summed E-state index contributed by atoms with van der Waals surface area (Å²) in [6.45, 7) is 1.97. The highest BCUT2D eigenvalue weighted by molar-refractivity contribution is 7.98. The van der Waals surface area contributed by atoms with Crippen LogP contribution in [0.25, 0.3) is 11.3 Å². The number of nitrogens with zero attached hydrogens (tertiary/aromatic N) is 2. The van der Waals surface area contributed by atoms with Crippen LogP contribution in [0.2, 0.25) is 0 Å². The average molecular weight is 353 g/mol. The Bertz CT molecular complexity index is 968. The van der Waals surface area contributed by atoms with Crippen molar-refractivity contribution < 1.29 is 9.90 Å². The van der Waals surface area contributed by atoms with Gasteiger partial charge in [-0.25, -0.2) is 4.79 Å². The predicted molar refractivity (Wildman–Crippen MR) is 95.8 cm³/mol. The van der Waals surface area contributed by atoms with Crippen LogP contribution in [0.15, 0.2) is 58.5 Å². The number of benzene rings is 2. The van der Waals surface area contributed by atoms with Gasteiger partial charge in [0.05, 0.1) is 5.56 Å². The third kappa shape index (κ3) is 4.13. The summed E-state index contributed by atoms with van der Waals surface area (Å²) in [5, 5.41) is 17.5. The van der Waals surface area contributed by atoms with Gasteiger partial charge in [0, 0.05) is 11.3 Å². The minimum atomic E-state index is -0.970. The predicted octanol–water partition coefficient (Wildman–Crippen LogP) is 3.13. The molecule has 3 rings (SSSR count). The molecular formula is C18H15N3O3S. The summed E-state index contributed by atoms with van der Waals surface area (Å²) in [5.41, 5.74) is 2.84. The van der Waals surface area contributed by atoms with Gasteiger partial charge in [0.25, 0.3) is 5.56 Å². The number of hydrogen-bond acceptors (Lipinski definition) is 5. The molecule has 1 aromatic heterocycles. The van der Waals surface area contributed by atoms with Crippen molar-refractivity contribution >= 4 is 17.7 Å². The van der Waals surface area contributed by atoms with Crippen molar-refractivity contribution in [2.45, 2.75) is 17.8 Å². The van der Waals surface area contributed by atoms with Crippen LogP contribution < -0.4 is 5.56 Å². The number of carboxylic acid groups (broad SMARTS) is 1. The number of aromatic carboxylic acids is 1. The molecule has 0 aliphatic heterocycles. The molecule has 0 saturated carbocycles. The standard InChI is InChI=1S/C18H15N3O3S/c1-11-5-7-13(8-6-11)15-16(22)19-18(21-20-15)25-10-12-3-2-4-14(9-12)17(23)24/h2-9H,10H2,1H3,(H,23,24)(H,19,21,22). The minimum Gasteiger partial charge on any atom is -0.478 e. The normalized spacial score (nSPS) is 10.6. The first-order chi connectivity index (χ1) is 12.0. The second-order valence-electron chi connectivity index (χ2n) is 5.47. The first kappa shape index (κ1) is 16.9. The Balaban J connectivity index is 1.75. The van der Waals surface area contributed by atoms with E-state index in [1.807, 2.05) is 37.3 Å². The summed E-state index contributed by atoms with van der Waals surface area (Å²) in [4.78, 5) is 25.9. The van der Waals surface area contributed by atoms with Gasteiger partial charge in [-0.2, -0.15) is 0 Å². The van der Waals surface area contributed by atoms with Crippen molar-refractivity contribution in [1.82, 2.24) is 15.2 Å². The van der Waals surface area contributed by atoms with E-state index in [0.29, 0.717) is 16.5 Å². The van der Waals surface area contributed by atoms with Crippen molar-refractivity contribution in [1.29, 1.82) is 0 Å². The van der Waals surface area contributed by atoms with Gasteiger partial charge in [-0.1, -0.05) is 53.7 Å². The lowest BCUT2D eigenvalue weighted by Crippen LogP contribution is -2.14. The van der Waals surface area contributed by atoms with Crippen molar-refractivity contribution in [3.8, 4) is 11.3 Å². The highest BCUT2D eigenvalue weighted by Gasteiger charge is 2.09. The van der Waals surface area contributed by atoms with E-state index in [0.717, 1.165) is 11.1 Å². The van der Waals surface area contributed by atoms with Crippen LogP contribution in [0, 0.1) is 6.92 Å². The number of hydrogen-bond donors (Lipinski definition) is 2. The summed E-state index contributed by atoms with van der Waals surface area (Å²) in [6, 6.07) is 14.1. The Morgan fingerprint density at radius 1 is 1.16 bits per heavy atom. The monoisotopic (exact) mass is 353 g/mol. The third-order valence-electron chi connectivity index (χ3n) is 3.55. The molecule has 7 heteroatoms. The number of carbonyl (C=O) groups is 1. The highest BCUT2D eigenvalue weighted by atomic mass is 32.2. The zero-order chi connectivity index (χ0) is 17.8. The number of rotatable bonds is 5. The molecular weight excluding hydrogens is 338 g/mol. The van der Waals surface area contributed by atoms with Crippen LogP contribution in [0.4, 0.5) is 0 Å². The summed E-state index contributed by atoms with van der Waals surface area (Å²) < 4.78 is 0. The molecule has 126 valence electrons. The van der Waals surface area contributed by atoms with E-state index < -0.39 is 5.97 Å². The molecule has 0 saturated heterocycles. The Morgan fingerprint density at radius 2 is 1.92 bits per heavy atom. The molecule has 0 aliphatic rings. The fourth-order valence-electron chi connectivity index (χ4n) is 2.23. The summed E-state index contributed by atoms with van der Waals surface area (Å²) in [7, 11) is 0. The fraction of sp³-hybridized carbons (Fsp3) is 0.111. The van der Waals surface area contributed by atoms with E-state index in [1.165, 1.54) is 17.8 Å². The van der Waals surface area contributed by atoms with Gasteiger partial charge >= 0.3 is 5.97 Å². The molecule has 2 aromatic carbocycles. The Kier molecular flexibility index (Phi) is 4.95. The molecule has 6 nitrogen and oxygen atoms in total. The molecule has 0 amide bonds. The van der Waals surface area contributed by atoms with Gasteiger partial charge in [0.15, 0.2) is 10.9 Å². The van der Waals surface area contributed by atoms with E-state index >= 15 is 0 Å². The van der Waals surface area contributed by atoms with Crippen LogP contribution in [0.1, 0.15) is 21.5 Å². The maximum Gasteiger partial charge on any atom is 0.335 e. The van der Waals surface area contributed by atoms with Gasteiger partial charge < -0.3 is 5.11 Å². The van der Waals surface area contributed by atoms with Gasteiger partial charge in [0.2, 0.25) is 0 Å². The SMILES string of the molecule is Cc1ccc(-c2nnc(SCc3cccc(C(=O)O)c3)[nH]c2=O)cc1. The molecule has 0 atom stereocenters. The lowest BCUT2D eigenvalue weighted by Gasteiger charge is -2.04. The van der Waals surface area contributed by atoms with Gasteiger partial charge in [-0.15, -0.1) is 10.2 Å². The molecule has 0 radical (unpaired) electrons. The molecule has 0 bridgehead atoms. The summed E-state index contributed by atoms with van der Waals surface area (Å²) in [6.07, 6.45) is 0. The van der Waals surface area contributed by atoms with E-state index in [-0.39, 0.29) is 16.8 Å². The Labute approximate surface area is 148 Å². The van der Waals surface area contributed by atoms with Gasteiger partial charge in [0.1, 0.15) is 0 Å². The van der Waals surface area contributed by atoms with E-state index in [9.17, 15) is 9.59 Å². The Hall–Kier alpha value is -2.93. The topological polar surface area (TPSA) is 95.9 Å². The van der Waals surface area contributed by atoms with Gasteiger partial charge in [-0.05, 0) is 24.6 Å². The molecule has 2 N–H and O–H groups in total. The molecule has 0 aliphatic carbocycles. The molecule has 1 heterocycles. The minimum absolute atomic E-state index is 0.229. The second kappa shape index (κ2) is 7.31. The van der Waals surface area contributed by atoms with Crippen molar-refractivity contribution in [3.05, 3.63) is 75.6 Å². The van der Waals surface area contributed by atoms with Crippen LogP contribution in [-0.2, 0) is 5.75 Å². The smallest absolute Gasteiger partial charge is 0.335 e. The van der Waals surface area contributed by atoms with E-state index in [2.05, 4.69) is 15.2 Å². The number of carboxylic acids is 1. The lowest BCUT2D eigenvalue weighted by molar-refractivity contribution is 0.0697. The van der Waals surface area contributed by atoms with Crippen molar-refractivity contribution in [2.24, 2.45) is 0 Å². The van der Waals surface area contributed by atoms with E-state index in [1.54, 1.807) is 12.1 Å². The maximum atomic E-state index is 12.2. The first-order valence-electron chi connectivity index (χ1n) is 7.52. The van der Waals surface area contributed by atoms with Gasteiger partial charge in [-0.3, -0.25) is 9.78 Å². The number of aromatic amines is 1. The first-order valence-corrected chi connectivity index (χ1v) is 8.50. The van der Waals surface area contributed by atoms with Crippen molar-refractivity contribution in [2.75, 3.05) is 0 Å². The highest BCUT2D eigenvalue weighted by Crippen LogP contribution is 2.20. The second-order valence-corrected chi connectivity index (χ2v) is 6.43. The molecule has 0 unspecified atom stereocenters. The molecule has 3 aromatic rings. The molecule has 0 spiro atoms. The number of H-pyrrole nitrogens is 1. The lowest BCUT2D eigenvalue weighted by atomic mass is 10.1. The van der Waals surface area contributed by atoms with Crippen LogP contribution in [0.5, 0.6) is 0 Å². The summed E-state index contributed by atoms with van der Waals surface area (Å²) in [5.74, 6) is -0.488. The van der Waals surface area contributed by atoms with Crippen LogP contribution >= 0.6 is 11.8 Å². The zero-order valence-corrected chi connectivity index (χ0v) is 14.2. The number of aryl methyl sites for hydroxylation is 1. The largest absolute Gasteiger partial charge is 0.478 e. The molecule has 25 heavy (non-hydrogen) atoms. The van der Waals surface area contributed by atoms with Crippen LogP contribution in [-0.4, -0.2) is 26.3 Å². The number of nitrogens with one attached hydrogen (secondary N) is 1. The quantitative estimate of drug-likeness (QED) is 0.684. The van der Waals surface area contributed by atoms with E-state index in [4.69, 9.17) is 5.11 Å². The third-order valence-corrected chi connectivity index (χ3v) is 4.49. The zero-order valence-electron chi connectivity index (χ0n) is 13.4. The molecule has 0 fully saturated rings. The van der Waals surface area contributed by atoms with Crippen molar-refractivity contribution in [3.63, 3.8) is 0 Å². The average Bonchev–Trinajstić information content (AvgIpc) is 2.61.